The van der Waals surface area contributed by atoms with Crippen LogP contribution in [0.2, 0.25) is 0 Å². The van der Waals surface area contributed by atoms with Crippen LogP contribution in [0.3, 0.4) is 0 Å². The molecule has 6 nitrogen and oxygen atoms in total. The highest BCUT2D eigenvalue weighted by Crippen LogP contribution is 2.28. The molecule has 0 spiro atoms. The summed E-state index contributed by atoms with van der Waals surface area (Å²) < 4.78 is 13.5. The average Bonchev–Trinajstić information content (AvgIpc) is 3.44. The van der Waals surface area contributed by atoms with Gasteiger partial charge in [0, 0.05) is 22.4 Å². The molecule has 0 aliphatic heterocycles. The number of H-pyrrole nitrogens is 1. The molecule has 0 unspecified atom stereocenters. The molecule has 5 rings (SSSR count). The summed E-state index contributed by atoms with van der Waals surface area (Å²) >= 11 is 0. The molecule has 0 aliphatic carbocycles. The molecule has 0 amide bonds. The second-order valence-electron chi connectivity index (χ2n) is 7.12. The Morgan fingerprint density at radius 3 is 2.30 bits per heavy atom. The highest BCUT2D eigenvalue weighted by molar-refractivity contribution is 6.07. The number of unbranched alkanes of at least 4 members (excludes halogenated alkanes) is 1. The molecule has 0 saturated heterocycles. The smallest absolute Gasteiger partial charge is 0.138 e. The summed E-state index contributed by atoms with van der Waals surface area (Å²) in [5.74, 6) is 1.74. The lowest BCUT2D eigenvalue weighted by molar-refractivity contribution is 0.266. The molecule has 2 aromatic heterocycles. The summed E-state index contributed by atoms with van der Waals surface area (Å²) in [6, 6.07) is 22.4. The van der Waals surface area contributed by atoms with E-state index < -0.39 is 0 Å². The monoisotopic (exact) mass is 398 g/mol. The van der Waals surface area contributed by atoms with Gasteiger partial charge in [0.25, 0.3) is 0 Å². The van der Waals surface area contributed by atoms with Crippen LogP contribution in [0.1, 0.15) is 12.8 Å². The Morgan fingerprint density at radius 1 is 0.767 bits per heavy atom. The Labute approximate surface area is 174 Å². The average molecular weight is 398 g/mol. The summed E-state index contributed by atoms with van der Waals surface area (Å²) in [6.07, 6.45) is 5.05. The van der Waals surface area contributed by atoms with E-state index in [1.54, 1.807) is 11.0 Å². The van der Waals surface area contributed by atoms with Crippen LogP contribution < -0.4 is 9.47 Å². The zero-order chi connectivity index (χ0) is 20.2. The van der Waals surface area contributed by atoms with Crippen molar-refractivity contribution in [3.63, 3.8) is 0 Å². The van der Waals surface area contributed by atoms with Crippen molar-refractivity contribution in [1.29, 1.82) is 0 Å². The summed E-state index contributed by atoms with van der Waals surface area (Å²) in [5, 5.41) is 6.58. The van der Waals surface area contributed by atoms with Gasteiger partial charge in [-0.1, -0.05) is 18.2 Å². The molecular formula is C24H22N4O2. The van der Waals surface area contributed by atoms with Gasteiger partial charge in [-0.05, 0) is 55.3 Å². The predicted molar refractivity (Wildman–Crippen MR) is 117 cm³/mol. The third-order valence-corrected chi connectivity index (χ3v) is 5.07. The van der Waals surface area contributed by atoms with Crippen molar-refractivity contribution >= 4 is 21.8 Å². The topological polar surface area (TPSA) is 65.0 Å². The molecule has 0 radical (unpaired) electrons. The number of nitrogens with zero attached hydrogens (tertiary/aromatic N) is 3. The van der Waals surface area contributed by atoms with E-state index in [0.717, 1.165) is 41.1 Å². The van der Waals surface area contributed by atoms with E-state index >= 15 is 0 Å². The van der Waals surface area contributed by atoms with Crippen molar-refractivity contribution in [2.45, 2.75) is 12.8 Å². The number of hydrogen-bond donors (Lipinski definition) is 1. The van der Waals surface area contributed by atoms with Gasteiger partial charge >= 0.3 is 0 Å². The van der Waals surface area contributed by atoms with Gasteiger partial charge < -0.3 is 14.5 Å². The number of ether oxygens (including phenoxy) is 2. The van der Waals surface area contributed by atoms with Gasteiger partial charge in [0.1, 0.15) is 24.2 Å². The van der Waals surface area contributed by atoms with E-state index in [1.807, 2.05) is 36.4 Å². The van der Waals surface area contributed by atoms with Gasteiger partial charge in [0.15, 0.2) is 0 Å². The molecule has 5 aromatic rings. The molecule has 0 bridgehead atoms. The van der Waals surface area contributed by atoms with Crippen molar-refractivity contribution < 1.29 is 9.47 Å². The predicted octanol–water partition coefficient (Wildman–Crippen LogP) is 5.14. The third kappa shape index (κ3) is 3.85. The highest BCUT2D eigenvalue weighted by Gasteiger charge is 2.05. The Kier molecular flexibility index (Phi) is 5.04. The van der Waals surface area contributed by atoms with Crippen LogP contribution in [0, 0.1) is 0 Å². The van der Waals surface area contributed by atoms with E-state index in [1.165, 1.54) is 17.1 Å². The minimum absolute atomic E-state index is 0.660. The van der Waals surface area contributed by atoms with Gasteiger partial charge in [0.05, 0.1) is 24.4 Å². The first-order valence-corrected chi connectivity index (χ1v) is 10.1. The second-order valence-corrected chi connectivity index (χ2v) is 7.12. The van der Waals surface area contributed by atoms with E-state index in [2.05, 4.69) is 45.4 Å². The first-order valence-electron chi connectivity index (χ1n) is 10.1. The molecular weight excluding hydrogens is 376 g/mol. The van der Waals surface area contributed by atoms with E-state index in [-0.39, 0.29) is 0 Å². The number of hydrogen-bond acceptors (Lipinski definition) is 4. The Hall–Kier alpha value is -3.80. The lowest BCUT2D eigenvalue weighted by atomic mass is 10.1. The summed E-state index contributed by atoms with van der Waals surface area (Å²) in [6.45, 7) is 1.33. The molecule has 6 heteroatoms. The zero-order valence-corrected chi connectivity index (χ0v) is 16.5. The largest absolute Gasteiger partial charge is 0.494 e. The minimum atomic E-state index is 0.660. The van der Waals surface area contributed by atoms with Crippen molar-refractivity contribution in [3.05, 3.63) is 79.4 Å². The Morgan fingerprint density at radius 2 is 1.50 bits per heavy atom. The SMILES string of the molecule is c1ccc2c(c1)[nH]c1cc(OCCCCOc3ccc(-n4cncn4)cc3)ccc12. The molecule has 2 heterocycles. The number of fused-ring (bicyclic) bond motifs is 3. The fourth-order valence-electron chi connectivity index (χ4n) is 3.54. The van der Waals surface area contributed by atoms with E-state index in [0.29, 0.717) is 13.2 Å². The van der Waals surface area contributed by atoms with Gasteiger partial charge in [-0.2, -0.15) is 5.10 Å². The standard InChI is InChI=1S/C24H22N4O2/c1-2-6-23-21(5-1)22-12-11-20(15-24(22)27-23)30-14-4-3-13-29-19-9-7-18(8-10-19)28-17-25-16-26-28/h1-2,5-12,15-17,27H,3-4,13-14H2. The molecule has 0 saturated carbocycles. The quantitative estimate of drug-likeness (QED) is 0.368. The summed E-state index contributed by atoms with van der Waals surface area (Å²) in [5.41, 5.74) is 3.21. The number of nitrogens with one attached hydrogen (secondary N) is 1. The van der Waals surface area contributed by atoms with Gasteiger partial charge in [0.2, 0.25) is 0 Å². The molecule has 0 aliphatic rings. The molecule has 0 fully saturated rings. The van der Waals surface area contributed by atoms with Crippen LogP contribution in [0.5, 0.6) is 11.5 Å². The van der Waals surface area contributed by atoms with Crippen molar-refractivity contribution in [3.8, 4) is 17.2 Å². The number of para-hydroxylation sites is 1. The first-order chi connectivity index (χ1) is 14.9. The zero-order valence-electron chi connectivity index (χ0n) is 16.5. The Bertz CT molecular complexity index is 1240. The number of aromatic nitrogens is 4. The molecule has 3 aromatic carbocycles. The van der Waals surface area contributed by atoms with Crippen LogP contribution in [0.4, 0.5) is 0 Å². The maximum atomic E-state index is 5.93. The maximum Gasteiger partial charge on any atom is 0.138 e. The fourth-order valence-corrected chi connectivity index (χ4v) is 3.54. The van der Waals surface area contributed by atoms with Crippen LogP contribution in [-0.4, -0.2) is 33.0 Å². The normalized spacial score (nSPS) is 11.2. The van der Waals surface area contributed by atoms with Crippen molar-refractivity contribution in [2.75, 3.05) is 13.2 Å². The Balaban J connectivity index is 1.08. The lowest BCUT2D eigenvalue weighted by Crippen LogP contribution is -2.02. The van der Waals surface area contributed by atoms with Gasteiger partial charge in [-0.15, -0.1) is 0 Å². The van der Waals surface area contributed by atoms with Crippen molar-refractivity contribution in [2.24, 2.45) is 0 Å². The van der Waals surface area contributed by atoms with Crippen LogP contribution in [-0.2, 0) is 0 Å². The minimum Gasteiger partial charge on any atom is -0.494 e. The maximum absolute atomic E-state index is 5.93. The van der Waals surface area contributed by atoms with Crippen molar-refractivity contribution in [1.82, 2.24) is 19.7 Å². The van der Waals surface area contributed by atoms with Gasteiger partial charge in [-0.3, -0.25) is 0 Å². The first kappa shape index (κ1) is 18.2. The number of aromatic amines is 1. The number of rotatable bonds is 8. The summed E-state index contributed by atoms with van der Waals surface area (Å²) in [4.78, 5) is 7.40. The van der Waals surface area contributed by atoms with Gasteiger partial charge in [-0.25, -0.2) is 9.67 Å². The van der Waals surface area contributed by atoms with Crippen LogP contribution >= 0.6 is 0 Å². The van der Waals surface area contributed by atoms with E-state index in [4.69, 9.17) is 9.47 Å². The van der Waals surface area contributed by atoms with E-state index in [9.17, 15) is 0 Å². The highest BCUT2D eigenvalue weighted by atomic mass is 16.5. The number of benzene rings is 3. The molecule has 0 atom stereocenters. The summed E-state index contributed by atoms with van der Waals surface area (Å²) in [7, 11) is 0. The van der Waals surface area contributed by atoms with Crippen LogP contribution in [0.15, 0.2) is 79.4 Å². The molecule has 150 valence electrons. The fraction of sp³-hybridized carbons (Fsp3) is 0.167. The third-order valence-electron chi connectivity index (χ3n) is 5.07. The molecule has 1 N–H and O–H groups in total. The van der Waals surface area contributed by atoms with Crippen LogP contribution in [0.25, 0.3) is 27.5 Å². The lowest BCUT2D eigenvalue weighted by Gasteiger charge is -2.08. The second kappa shape index (κ2) is 8.29. The molecule has 30 heavy (non-hydrogen) atoms.